The van der Waals surface area contributed by atoms with Crippen molar-refractivity contribution in [2.75, 3.05) is 0 Å². The zero-order valence-corrected chi connectivity index (χ0v) is 5.76. The number of aromatic carboxylic acids is 1. The predicted molar refractivity (Wildman–Crippen MR) is 32.4 cm³/mol. The first-order valence-corrected chi connectivity index (χ1v) is 2.86. The van der Waals surface area contributed by atoms with E-state index in [9.17, 15) is 9.90 Å². The molecule has 0 aromatic carbocycles. The van der Waals surface area contributed by atoms with Crippen LogP contribution in [0.2, 0.25) is 0 Å². The second-order valence-corrected chi connectivity index (χ2v) is 2.10. The van der Waals surface area contributed by atoms with E-state index in [4.69, 9.17) is 0 Å². The lowest BCUT2D eigenvalue weighted by Crippen LogP contribution is -2.23. The summed E-state index contributed by atoms with van der Waals surface area (Å²) in [6.45, 7) is 3.26. The largest absolute Gasteiger partial charge is 0.545 e. The molecular weight excluding hydrogens is 132 g/mol. The van der Waals surface area contributed by atoms with E-state index in [1.807, 2.05) is 0 Å². The van der Waals surface area contributed by atoms with E-state index in [0.29, 0.717) is 11.4 Å². The summed E-state index contributed by atoms with van der Waals surface area (Å²) < 4.78 is 0. The minimum Gasteiger partial charge on any atom is -0.545 e. The Hall–Kier alpha value is -1.32. The minimum atomic E-state index is -1.18. The van der Waals surface area contributed by atoms with E-state index in [1.165, 1.54) is 0 Å². The number of nitrogens with zero attached hydrogens (tertiary/aromatic N) is 1. The van der Waals surface area contributed by atoms with Crippen LogP contribution in [0.3, 0.4) is 0 Å². The quantitative estimate of drug-likeness (QED) is 0.564. The molecule has 10 heavy (non-hydrogen) atoms. The van der Waals surface area contributed by atoms with Gasteiger partial charge in [0.1, 0.15) is 0 Å². The number of nitrogens with one attached hydrogen (secondary N) is 1. The van der Waals surface area contributed by atoms with Gasteiger partial charge in [0.05, 0.1) is 11.7 Å². The molecule has 0 saturated carbocycles. The van der Waals surface area contributed by atoms with E-state index in [-0.39, 0.29) is 5.56 Å². The molecule has 0 spiro atoms. The van der Waals surface area contributed by atoms with Crippen molar-refractivity contribution in [1.82, 2.24) is 10.2 Å². The lowest BCUT2D eigenvalue weighted by molar-refractivity contribution is -0.255. The second kappa shape index (κ2) is 2.13. The molecule has 1 rings (SSSR count). The highest BCUT2D eigenvalue weighted by molar-refractivity contribution is 5.88. The molecule has 0 bridgehead atoms. The smallest absolute Gasteiger partial charge is 0.0752 e. The highest BCUT2D eigenvalue weighted by Gasteiger charge is 2.05. The van der Waals surface area contributed by atoms with Crippen molar-refractivity contribution in [3.05, 3.63) is 17.0 Å². The van der Waals surface area contributed by atoms with Crippen LogP contribution in [0.15, 0.2) is 0 Å². The predicted octanol–water partition coefficient (Wildman–Crippen LogP) is -0.610. The van der Waals surface area contributed by atoms with Crippen molar-refractivity contribution in [3.8, 4) is 0 Å². The first-order chi connectivity index (χ1) is 4.63. The summed E-state index contributed by atoms with van der Waals surface area (Å²) >= 11 is 0. The first kappa shape index (κ1) is 6.80. The van der Waals surface area contributed by atoms with Gasteiger partial charge in [-0.05, 0) is 13.8 Å². The minimum absolute atomic E-state index is 0.167. The van der Waals surface area contributed by atoms with Gasteiger partial charge >= 0.3 is 0 Å². The summed E-state index contributed by atoms with van der Waals surface area (Å²) in [4.78, 5) is 10.3. The number of carboxylic acids is 1. The summed E-state index contributed by atoms with van der Waals surface area (Å²) in [6.07, 6.45) is 0. The lowest BCUT2D eigenvalue weighted by atomic mass is 10.2. The van der Waals surface area contributed by atoms with Crippen LogP contribution < -0.4 is 5.11 Å². The fraction of sp³-hybridized carbons (Fsp3) is 0.333. The van der Waals surface area contributed by atoms with Crippen LogP contribution in [0, 0.1) is 13.8 Å². The lowest BCUT2D eigenvalue weighted by Gasteiger charge is -1.99. The number of aromatic nitrogens is 2. The Balaban J connectivity index is 3.23. The highest BCUT2D eigenvalue weighted by Crippen LogP contribution is 2.06. The zero-order valence-electron chi connectivity index (χ0n) is 5.76. The molecule has 0 radical (unpaired) electrons. The van der Waals surface area contributed by atoms with Crippen molar-refractivity contribution in [1.29, 1.82) is 0 Å². The van der Waals surface area contributed by atoms with Crippen LogP contribution in [0.25, 0.3) is 0 Å². The topological polar surface area (TPSA) is 68.8 Å². The Morgan fingerprint density at radius 1 is 1.60 bits per heavy atom. The summed E-state index contributed by atoms with van der Waals surface area (Å²) in [5.41, 5.74) is 1.18. The molecule has 0 unspecified atom stereocenters. The molecule has 1 heterocycles. The molecule has 0 saturated heterocycles. The van der Waals surface area contributed by atoms with Gasteiger partial charge in [-0.3, -0.25) is 5.10 Å². The molecule has 1 aromatic rings. The number of hydrogen-bond donors (Lipinski definition) is 1. The van der Waals surface area contributed by atoms with Gasteiger partial charge in [0.15, 0.2) is 0 Å². The van der Waals surface area contributed by atoms with Crippen molar-refractivity contribution in [3.63, 3.8) is 0 Å². The Kier molecular flexibility index (Phi) is 1.45. The number of aryl methyl sites for hydroxylation is 2. The molecule has 0 aliphatic rings. The Morgan fingerprint density at radius 3 is 2.40 bits per heavy atom. The normalized spacial score (nSPS) is 9.80. The average molecular weight is 139 g/mol. The molecule has 1 aromatic heterocycles. The van der Waals surface area contributed by atoms with Crippen molar-refractivity contribution < 1.29 is 9.90 Å². The first-order valence-electron chi connectivity index (χ1n) is 2.86. The molecule has 0 aliphatic carbocycles. The van der Waals surface area contributed by atoms with Crippen molar-refractivity contribution in [2.45, 2.75) is 13.8 Å². The van der Waals surface area contributed by atoms with E-state index in [0.717, 1.165) is 0 Å². The number of hydrogen-bond acceptors (Lipinski definition) is 3. The van der Waals surface area contributed by atoms with Gasteiger partial charge < -0.3 is 9.90 Å². The number of H-pyrrole nitrogens is 1. The molecule has 4 heteroatoms. The molecule has 1 N–H and O–H groups in total. The van der Waals surface area contributed by atoms with E-state index in [1.54, 1.807) is 13.8 Å². The molecule has 4 nitrogen and oxygen atoms in total. The number of carbonyl (C=O) groups is 1. The van der Waals surface area contributed by atoms with Crippen molar-refractivity contribution >= 4 is 5.97 Å². The number of aromatic amines is 1. The van der Waals surface area contributed by atoms with Gasteiger partial charge in [-0.2, -0.15) is 5.10 Å². The van der Waals surface area contributed by atoms with Crippen LogP contribution in [0.4, 0.5) is 0 Å². The summed E-state index contributed by atoms with van der Waals surface area (Å²) in [5, 5.41) is 16.6. The van der Waals surface area contributed by atoms with Gasteiger partial charge in [-0.15, -0.1) is 0 Å². The SMILES string of the molecule is Cc1n[nH]c(C)c1C(=O)[O-]. The summed E-state index contributed by atoms with van der Waals surface area (Å²) in [5.74, 6) is -1.18. The van der Waals surface area contributed by atoms with Crippen LogP contribution in [-0.2, 0) is 0 Å². The zero-order chi connectivity index (χ0) is 7.72. The molecule has 0 amide bonds. The van der Waals surface area contributed by atoms with E-state index < -0.39 is 5.97 Å². The fourth-order valence-corrected chi connectivity index (χ4v) is 0.852. The maximum absolute atomic E-state index is 10.3. The Morgan fingerprint density at radius 2 is 2.20 bits per heavy atom. The standard InChI is InChI=1S/C6H8N2O2/c1-3-5(6(9)10)4(2)8-7-3/h1-2H3,(H,7,8)(H,9,10)/p-1. The van der Waals surface area contributed by atoms with E-state index >= 15 is 0 Å². The third-order valence-corrected chi connectivity index (χ3v) is 1.33. The maximum Gasteiger partial charge on any atom is 0.0752 e. The van der Waals surface area contributed by atoms with Crippen LogP contribution >= 0.6 is 0 Å². The van der Waals surface area contributed by atoms with Gasteiger partial charge in [0, 0.05) is 11.3 Å². The summed E-state index contributed by atoms with van der Waals surface area (Å²) in [7, 11) is 0. The summed E-state index contributed by atoms with van der Waals surface area (Å²) in [6, 6.07) is 0. The maximum atomic E-state index is 10.3. The van der Waals surface area contributed by atoms with Crippen LogP contribution in [0.5, 0.6) is 0 Å². The van der Waals surface area contributed by atoms with Crippen molar-refractivity contribution in [2.24, 2.45) is 0 Å². The van der Waals surface area contributed by atoms with Gasteiger partial charge in [-0.25, -0.2) is 0 Å². The second-order valence-electron chi connectivity index (χ2n) is 2.10. The van der Waals surface area contributed by atoms with Gasteiger partial charge in [-0.1, -0.05) is 0 Å². The van der Waals surface area contributed by atoms with Crippen LogP contribution in [0.1, 0.15) is 21.7 Å². The number of rotatable bonds is 1. The van der Waals surface area contributed by atoms with E-state index in [2.05, 4.69) is 10.2 Å². The molecular formula is C6H7N2O2-. The molecule has 0 atom stereocenters. The highest BCUT2D eigenvalue weighted by atomic mass is 16.4. The monoisotopic (exact) mass is 139 g/mol. The molecule has 54 valence electrons. The third-order valence-electron chi connectivity index (χ3n) is 1.33. The average Bonchev–Trinajstić information content (AvgIpc) is 2.11. The van der Waals surface area contributed by atoms with Gasteiger partial charge in [0.25, 0.3) is 0 Å². The third kappa shape index (κ3) is 0.877. The number of carboxylic acid groups (broad SMARTS) is 1. The van der Waals surface area contributed by atoms with Crippen LogP contribution in [-0.4, -0.2) is 16.2 Å². The molecule has 0 fully saturated rings. The number of carbonyl (C=O) groups excluding carboxylic acids is 1. The molecule has 0 aliphatic heterocycles. The Bertz CT molecular complexity index is 245. The van der Waals surface area contributed by atoms with Gasteiger partial charge in [0.2, 0.25) is 0 Å². The fourth-order valence-electron chi connectivity index (χ4n) is 0.852. The Labute approximate surface area is 57.9 Å².